The molecule has 1 aliphatic rings. The number of aryl methyl sites for hydroxylation is 1. The molecular weight excluding hydrogens is 326 g/mol. The van der Waals surface area contributed by atoms with Gasteiger partial charge in [-0.25, -0.2) is 14.8 Å². The van der Waals surface area contributed by atoms with Gasteiger partial charge in [0.15, 0.2) is 0 Å². The van der Waals surface area contributed by atoms with Crippen LogP contribution in [0, 0.1) is 5.92 Å². The van der Waals surface area contributed by atoms with Crippen LogP contribution in [0.1, 0.15) is 35.5 Å². The molecule has 3 rings (SSSR count). The monoisotopic (exact) mass is 349 g/mol. The van der Waals surface area contributed by atoms with E-state index in [4.69, 9.17) is 9.47 Å². The summed E-state index contributed by atoms with van der Waals surface area (Å²) in [5.41, 5.74) is 0.985. The number of thiophene rings is 1. The molecule has 2 aromatic heterocycles. The smallest absolute Gasteiger partial charge is 0.348 e. The molecule has 1 saturated heterocycles. The van der Waals surface area contributed by atoms with Gasteiger partial charge in [0.05, 0.1) is 18.6 Å². The maximum absolute atomic E-state index is 12.3. The maximum Gasteiger partial charge on any atom is 0.348 e. The molecule has 1 atom stereocenters. The first-order valence-corrected chi connectivity index (χ1v) is 9.19. The van der Waals surface area contributed by atoms with Crippen LogP contribution >= 0.6 is 11.3 Å². The fraction of sp³-hybridized carbons (Fsp3) is 0.588. The standard InChI is InChI=1S/C17H23N3O3S/c1-4-12-13-15(20(3)8-11-6-7-22-9-11)18-10-19-16(13)24-14(12)17(21)23-5-2/h10-11H,4-9H2,1-3H3. The van der Waals surface area contributed by atoms with Crippen LogP contribution in [0.25, 0.3) is 10.2 Å². The van der Waals surface area contributed by atoms with Gasteiger partial charge in [-0.3, -0.25) is 0 Å². The number of aromatic nitrogens is 2. The summed E-state index contributed by atoms with van der Waals surface area (Å²) in [7, 11) is 2.04. The SMILES string of the molecule is CCOC(=O)c1sc2ncnc(N(C)CC3CCOC3)c2c1CC. The third-order valence-corrected chi connectivity index (χ3v) is 5.42. The van der Waals surface area contributed by atoms with Crippen molar-refractivity contribution in [2.75, 3.05) is 38.3 Å². The van der Waals surface area contributed by atoms with E-state index in [-0.39, 0.29) is 5.97 Å². The number of anilines is 1. The Labute approximate surface area is 145 Å². The highest BCUT2D eigenvalue weighted by Crippen LogP contribution is 2.36. The van der Waals surface area contributed by atoms with Crippen LogP contribution in [0.2, 0.25) is 0 Å². The van der Waals surface area contributed by atoms with Gasteiger partial charge in [0.2, 0.25) is 0 Å². The van der Waals surface area contributed by atoms with Crippen LogP contribution in [0.15, 0.2) is 6.33 Å². The van der Waals surface area contributed by atoms with Crippen LogP contribution in [0.5, 0.6) is 0 Å². The lowest BCUT2D eigenvalue weighted by molar-refractivity contribution is 0.0531. The molecule has 0 aliphatic carbocycles. The van der Waals surface area contributed by atoms with Crippen molar-refractivity contribution in [2.45, 2.75) is 26.7 Å². The molecule has 0 spiro atoms. The highest BCUT2D eigenvalue weighted by Gasteiger charge is 2.24. The number of rotatable bonds is 6. The maximum atomic E-state index is 12.3. The molecule has 0 amide bonds. The fourth-order valence-electron chi connectivity index (χ4n) is 3.16. The first-order chi connectivity index (χ1) is 11.7. The summed E-state index contributed by atoms with van der Waals surface area (Å²) in [5.74, 6) is 1.14. The third-order valence-electron chi connectivity index (χ3n) is 4.30. The van der Waals surface area contributed by atoms with Gasteiger partial charge in [0.1, 0.15) is 21.9 Å². The lowest BCUT2D eigenvalue weighted by Gasteiger charge is -2.22. The van der Waals surface area contributed by atoms with E-state index in [9.17, 15) is 4.79 Å². The second kappa shape index (κ2) is 7.44. The van der Waals surface area contributed by atoms with Crippen LogP contribution in [0.4, 0.5) is 5.82 Å². The molecule has 3 heterocycles. The summed E-state index contributed by atoms with van der Waals surface area (Å²) in [6, 6.07) is 0. The summed E-state index contributed by atoms with van der Waals surface area (Å²) in [5, 5.41) is 0.981. The van der Waals surface area contributed by atoms with Gasteiger partial charge in [0, 0.05) is 26.1 Å². The first kappa shape index (κ1) is 17.1. The van der Waals surface area contributed by atoms with E-state index in [1.807, 2.05) is 20.9 Å². The van der Waals surface area contributed by atoms with Gasteiger partial charge in [-0.2, -0.15) is 0 Å². The molecule has 1 aliphatic heterocycles. The van der Waals surface area contributed by atoms with Crippen molar-refractivity contribution in [3.8, 4) is 0 Å². The topological polar surface area (TPSA) is 64.5 Å². The van der Waals surface area contributed by atoms with Gasteiger partial charge in [-0.05, 0) is 25.3 Å². The average Bonchev–Trinajstić information content (AvgIpc) is 3.21. The Morgan fingerprint density at radius 3 is 2.96 bits per heavy atom. The zero-order chi connectivity index (χ0) is 17.1. The van der Waals surface area contributed by atoms with Crippen molar-refractivity contribution in [1.82, 2.24) is 9.97 Å². The molecular formula is C17H23N3O3S. The Hall–Kier alpha value is -1.73. The van der Waals surface area contributed by atoms with Crippen molar-refractivity contribution in [3.05, 3.63) is 16.8 Å². The lowest BCUT2D eigenvalue weighted by Crippen LogP contribution is -2.26. The molecule has 0 radical (unpaired) electrons. The number of carbonyl (C=O) groups is 1. The first-order valence-electron chi connectivity index (χ1n) is 8.38. The minimum absolute atomic E-state index is 0.268. The number of hydrogen-bond acceptors (Lipinski definition) is 7. The number of ether oxygens (including phenoxy) is 2. The highest BCUT2D eigenvalue weighted by atomic mass is 32.1. The number of carbonyl (C=O) groups excluding carboxylic acids is 1. The minimum Gasteiger partial charge on any atom is -0.462 e. The van der Waals surface area contributed by atoms with E-state index in [1.54, 1.807) is 6.33 Å². The van der Waals surface area contributed by atoms with Crippen LogP contribution < -0.4 is 4.90 Å². The van der Waals surface area contributed by atoms with Crippen LogP contribution in [-0.4, -0.2) is 49.4 Å². The van der Waals surface area contributed by atoms with Gasteiger partial charge in [-0.1, -0.05) is 6.92 Å². The summed E-state index contributed by atoms with van der Waals surface area (Å²) in [6.07, 6.45) is 3.40. The molecule has 2 aromatic rings. The van der Waals surface area contributed by atoms with Gasteiger partial charge in [-0.15, -0.1) is 11.3 Å². The Morgan fingerprint density at radius 2 is 2.29 bits per heavy atom. The Balaban J connectivity index is 2.00. The normalized spacial score (nSPS) is 17.4. The fourth-order valence-corrected chi connectivity index (χ4v) is 4.28. The van der Waals surface area contributed by atoms with Crippen LogP contribution in [0.3, 0.4) is 0 Å². The molecule has 0 bridgehead atoms. The predicted molar refractivity (Wildman–Crippen MR) is 94.9 cm³/mol. The van der Waals surface area contributed by atoms with Gasteiger partial charge in [0.25, 0.3) is 0 Å². The quantitative estimate of drug-likeness (QED) is 0.747. The molecule has 130 valence electrons. The minimum atomic E-state index is -0.268. The number of esters is 1. The van der Waals surface area contributed by atoms with Gasteiger partial charge < -0.3 is 14.4 Å². The van der Waals surface area contributed by atoms with Crippen LogP contribution in [-0.2, 0) is 15.9 Å². The summed E-state index contributed by atoms with van der Waals surface area (Å²) in [4.78, 5) is 24.8. The Bertz CT molecular complexity index is 725. The Morgan fingerprint density at radius 1 is 1.46 bits per heavy atom. The highest BCUT2D eigenvalue weighted by molar-refractivity contribution is 7.20. The van der Waals surface area contributed by atoms with Crippen molar-refractivity contribution in [3.63, 3.8) is 0 Å². The molecule has 0 N–H and O–H groups in total. The molecule has 24 heavy (non-hydrogen) atoms. The second-order valence-corrected chi connectivity index (χ2v) is 6.97. The van der Waals surface area contributed by atoms with Crippen molar-refractivity contribution in [2.24, 2.45) is 5.92 Å². The number of nitrogens with zero attached hydrogens (tertiary/aromatic N) is 3. The van der Waals surface area contributed by atoms with E-state index in [2.05, 4.69) is 14.9 Å². The lowest BCUT2D eigenvalue weighted by atomic mass is 10.1. The average molecular weight is 349 g/mol. The van der Waals surface area contributed by atoms with Gasteiger partial charge >= 0.3 is 5.97 Å². The molecule has 6 nitrogen and oxygen atoms in total. The molecule has 1 fully saturated rings. The molecule has 0 saturated carbocycles. The van der Waals surface area contributed by atoms with E-state index in [0.717, 1.165) is 54.2 Å². The van der Waals surface area contributed by atoms with Crippen molar-refractivity contribution < 1.29 is 14.3 Å². The number of hydrogen-bond donors (Lipinski definition) is 0. The third kappa shape index (κ3) is 3.23. The molecule has 0 aromatic carbocycles. The summed E-state index contributed by atoms with van der Waals surface area (Å²) >= 11 is 1.39. The summed E-state index contributed by atoms with van der Waals surface area (Å²) < 4.78 is 10.7. The Kier molecular flexibility index (Phi) is 5.30. The second-order valence-electron chi connectivity index (χ2n) is 5.97. The van der Waals surface area contributed by atoms with E-state index < -0.39 is 0 Å². The van der Waals surface area contributed by atoms with E-state index in [1.165, 1.54) is 11.3 Å². The van der Waals surface area contributed by atoms with Crippen molar-refractivity contribution >= 4 is 33.3 Å². The molecule has 1 unspecified atom stereocenters. The molecule has 7 heteroatoms. The predicted octanol–water partition coefficient (Wildman–Crippen LogP) is 2.90. The largest absolute Gasteiger partial charge is 0.462 e. The summed E-state index contributed by atoms with van der Waals surface area (Å²) in [6.45, 7) is 6.77. The zero-order valence-corrected chi connectivity index (χ0v) is 15.2. The number of fused-ring (bicyclic) bond motifs is 1. The van der Waals surface area contributed by atoms with E-state index >= 15 is 0 Å². The van der Waals surface area contributed by atoms with Crippen molar-refractivity contribution in [1.29, 1.82) is 0 Å². The zero-order valence-electron chi connectivity index (χ0n) is 14.4. The van der Waals surface area contributed by atoms with E-state index in [0.29, 0.717) is 17.4 Å².